The molecule has 0 aliphatic heterocycles. The zero-order valence-corrected chi connectivity index (χ0v) is 10.6. The smallest absolute Gasteiger partial charge is 0.193 e. The Hall–Kier alpha value is -0.520. The summed E-state index contributed by atoms with van der Waals surface area (Å²) in [4.78, 5) is 8.02. The van der Waals surface area contributed by atoms with Gasteiger partial charge in [-0.2, -0.15) is 0 Å². The van der Waals surface area contributed by atoms with Gasteiger partial charge < -0.3 is 4.42 Å². The molecular formula is C9H6BrClN2OS. The molecule has 0 unspecified atom stereocenters. The topological polar surface area (TPSA) is 38.9 Å². The normalized spacial score (nSPS) is 10.5. The molecule has 2 aromatic rings. The van der Waals surface area contributed by atoms with Gasteiger partial charge in [-0.25, -0.2) is 9.97 Å². The molecule has 0 atom stereocenters. The Kier molecular flexibility index (Phi) is 3.66. The number of aromatic nitrogens is 2. The highest BCUT2D eigenvalue weighted by molar-refractivity contribution is 9.10. The van der Waals surface area contributed by atoms with Crippen LogP contribution in [-0.4, -0.2) is 9.97 Å². The lowest BCUT2D eigenvalue weighted by Gasteiger charge is -1.99. The molecule has 0 saturated heterocycles. The molecule has 6 heteroatoms. The van der Waals surface area contributed by atoms with Gasteiger partial charge in [0, 0.05) is 6.20 Å². The van der Waals surface area contributed by atoms with Gasteiger partial charge in [0.25, 0.3) is 0 Å². The molecule has 0 amide bonds. The van der Waals surface area contributed by atoms with Crippen LogP contribution in [-0.2, 0) is 5.75 Å². The Balaban J connectivity index is 2.02. The van der Waals surface area contributed by atoms with Crippen LogP contribution in [0.15, 0.2) is 38.6 Å². The summed E-state index contributed by atoms with van der Waals surface area (Å²) in [5.74, 6) is 1.53. The second kappa shape index (κ2) is 5.01. The lowest BCUT2D eigenvalue weighted by atomic mass is 10.5. The minimum atomic E-state index is 0.410. The van der Waals surface area contributed by atoms with Crippen LogP contribution in [0.25, 0.3) is 0 Å². The first-order chi connectivity index (χ1) is 7.25. The number of rotatable bonds is 3. The van der Waals surface area contributed by atoms with E-state index >= 15 is 0 Å². The highest BCUT2D eigenvalue weighted by Gasteiger charge is 2.05. The monoisotopic (exact) mass is 304 g/mol. The number of halogens is 2. The fourth-order valence-corrected chi connectivity index (χ4v) is 2.45. The molecule has 0 aromatic carbocycles. The van der Waals surface area contributed by atoms with Crippen LogP contribution < -0.4 is 0 Å². The maximum atomic E-state index is 5.66. The predicted octanol–water partition coefficient (Wildman–Crippen LogP) is 3.78. The largest absolute Gasteiger partial charge is 0.449 e. The van der Waals surface area contributed by atoms with Gasteiger partial charge in [-0.1, -0.05) is 11.8 Å². The van der Waals surface area contributed by atoms with Gasteiger partial charge in [0.15, 0.2) is 5.22 Å². The van der Waals surface area contributed by atoms with Crippen molar-refractivity contribution < 1.29 is 4.42 Å². The van der Waals surface area contributed by atoms with E-state index < -0.39 is 0 Å². The first kappa shape index (κ1) is 11.0. The van der Waals surface area contributed by atoms with Crippen molar-refractivity contribution in [1.29, 1.82) is 0 Å². The van der Waals surface area contributed by atoms with E-state index in [9.17, 15) is 0 Å². The van der Waals surface area contributed by atoms with Crippen molar-refractivity contribution in [2.45, 2.75) is 10.8 Å². The fourth-order valence-electron chi connectivity index (χ4n) is 0.976. The third kappa shape index (κ3) is 2.96. The number of thioether (sulfide) groups is 1. The highest BCUT2D eigenvalue weighted by atomic mass is 79.9. The SMILES string of the molecule is Clc1ccc(CSc2ncncc2Br)o1. The van der Waals surface area contributed by atoms with Crippen LogP contribution in [0.5, 0.6) is 0 Å². The molecule has 2 aromatic heterocycles. The first-order valence-corrected chi connectivity index (χ1v) is 6.24. The molecule has 0 spiro atoms. The van der Waals surface area contributed by atoms with E-state index in [4.69, 9.17) is 16.0 Å². The maximum absolute atomic E-state index is 5.66. The van der Waals surface area contributed by atoms with Gasteiger partial charge in [-0.3, -0.25) is 0 Å². The van der Waals surface area contributed by atoms with E-state index in [1.54, 1.807) is 24.0 Å². The van der Waals surface area contributed by atoms with Crippen LogP contribution in [0.4, 0.5) is 0 Å². The lowest BCUT2D eigenvalue weighted by Crippen LogP contribution is -1.84. The van der Waals surface area contributed by atoms with Crippen molar-refractivity contribution in [2.75, 3.05) is 0 Å². The summed E-state index contributed by atoms with van der Waals surface area (Å²) in [6.07, 6.45) is 3.23. The van der Waals surface area contributed by atoms with Crippen LogP contribution in [0.2, 0.25) is 5.22 Å². The van der Waals surface area contributed by atoms with Crippen molar-refractivity contribution in [3.05, 3.63) is 40.1 Å². The van der Waals surface area contributed by atoms with E-state index in [0.29, 0.717) is 11.0 Å². The minimum Gasteiger partial charge on any atom is -0.449 e. The fraction of sp³-hybridized carbons (Fsp3) is 0.111. The zero-order chi connectivity index (χ0) is 10.7. The summed E-state index contributed by atoms with van der Waals surface area (Å²) in [6.45, 7) is 0. The summed E-state index contributed by atoms with van der Waals surface area (Å²) in [6, 6.07) is 3.58. The van der Waals surface area contributed by atoms with E-state index in [2.05, 4.69) is 25.9 Å². The zero-order valence-electron chi connectivity index (χ0n) is 7.48. The second-order valence-corrected chi connectivity index (χ2v) is 4.86. The maximum Gasteiger partial charge on any atom is 0.193 e. The molecule has 0 saturated carbocycles. The molecule has 2 rings (SSSR count). The number of nitrogens with zero attached hydrogens (tertiary/aromatic N) is 2. The van der Waals surface area contributed by atoms with Crippen LogP contribution in [0.3, 0.4) is 0 Å². The van der Waals surface area contributed by atoms with Gasteiger partial charge in [0.2, 0.25) is 0 Å². The number of furan rings is 1. The van der Waals surface area contributed by atoms with Crippen molar-refractivity contribution in [2.24, 2.45) is 0 Å². The second-order valence-electron chi connectivity index (χ2n) is 2.67. The summed E-state index contributed by atoms with van der Waals surface area (Å²) in [5.41, 5.74) is 0. The van der Waals surface area contributed by atoms with Crippen LogP contribution in [0.1, 0.15) is 5.76 Å². The number of hydrogen-bond acceptors (Lipinski definition) is 4. The minimum absolute atomic E-state index is 0.410. The Bertz CT molecular complexity index is 463. The molecule has 3 nitrogen and oxygen atoms in total. The van der Waals surface area contributed by atoms with E-state index in [1.807, 2.05) is 6.07 Å². The van der Waals surface area contributed by atoms with Crippen LogP contribution >= 0.6 is 39.3 Å². The molecule has 0 bridgehead atoms. The van der Waals surface area contributed by atoms with Gasteiger partial charge in [0.1, 0.15) is 17.1 Å². The standard InChI is InChI=1S/C9H6BrClN2OS/c10-7-3-12-5-13-9(7)15-4-6-1-2-8(11)14-6/h1-3,5H,4H2. The molecule has 0 N–H and O–H groups in total. The predicted molar refractivity (Wildman–Crippen MR) is 63.0 cm³/mol. The molecule has 2 heterocycles. The van der Waals surface area contributed by atoms with E-state index in [1.165, 1.54) is 6.33 Å². The highest BCUT2D eigenvalue weighted by Crippen LogP contribution is 2.28. The molecule has 0 aliphatic rings. The Labute approximate surface area is 104 Å². The first-order valence-electron chi connectivity index (χ1n) is 4.08. The third-order valence-electron chi connectivity index (χ3n) is 1.61. The average molecular weight is 306 g/mol. The van der Waals surface area contributed by atoms with Gasteiger partial charge >= 0.3 is 0 Å². The van der Waals surface area contributed by atoms with Crippen molar-refractivity contribution in [3.63, 3.8) is 0 Å². The molecular weight excluding hydrogens is 300 g/mol. The third-order valence-corrected chi connectivity index (χ3v) is 3.69. The Morgan fingerprint density at radius 1 is 1.47 bits per heavy atom. The summed E-state index contributed by atoms with van der Waals surface area (Å²) < 4.78 is 6.11. The molecule has 0 aliphatic carbocycles. The Morgan fingerprint density at radius 2 is 2.33 bits per heavy atom. The van der Waals surface area contributed by atoms with Gasteiger partial charge in [0.05, 0.1) is 10.2 Å². The average Bonchev–Trinajstić information content (AvgIpc) is 2.63. The molecule has 0 fully saturated rings. The molecule has 0 radical (unpaired) electrons. The summed E-state index contributed by atoms with van der Waals surface area (Å²) in [5, 5.41) is 1.30. The van der Waals surface area contributed by atoms with Crippen molar-refractivity contribution in [1.82, 2.24) is 9.97 Å². The molecule has 15 heavy (non-hydrogen) atoms. The molecule has 78 valence electrons. The summed E-state index contributed by atoms with van der Waals surface area (Å²) >= 11 is 10.6. The van der Waals surface area contributed by atoms with Gasteiger partial charge in [-0.05, 0) is 39.7 Å². The quantitative estimate of drug-likeness (QED) is 0.639. The Morgan fingerprint density at radius 3 is 3.00 bits per heavy atom. The summed E-state index contributed by atoms with van der Waals surface area (Å²) in [7, 11) is 0. The van der Waals surface area contributed by atoms with E-state index in [-0.39, 0.29) is 0 Å². The van der Waals surface area contributed by atoms with Crippen molar-refractivity contribution >= 4 is 39.3 Å². The van der Waals surface area contributed by atoms with E-state index in [0.717, 1.165) is 15.3 Å². The van der Waals surface area contributed by atoms with Gasteiger partial charge in [-0.15, -0.1) is 0 Å². The van der Waals surface area contributed by atoms with Crippen LogP contribution in [0, 0.1) is 0 Å². The lowest BCUT2D eigenvalue weighted by molar-refractivity contribution is 0.532. The van der Waals surface area contributed by atoms with Crippen molar-refractivity contribution in [3.8, 4) is 0 Å². The number of hydrogen-bond donors (Lipinski definition) is 0.